The average Bonchev–Trinajstić information content (AvgIpc) is 2.43. The van der Waals surface area contributed by atoms with E-state index < -0.39 is 0 Å². The van der Waals surface area contributed by atoms with E-state index in [1.165, 1.54) is 19.9 Å². The van der Waals surface area contributed by atoms with Crippen molar-refractivity contribution in [1.29, 1.82) is 0 Å². The molecule has 0 aromatic carbocycles. The zero-order chi connectivity index (χ0) is 10.7. The monoisotopic (exact) mass is 192 g/mol. The predicted molar refractivity (Wildman–Crippen MR) is 53.2 cm³/mol. The Labute approximate surface area is 82.4 Å². The fourth-order valence-corrected chi connectivity index (χ4v) is 1.14. The van der Waals surface area contributed by atoms with Crippen molar-refractivity contribution in [3.8, 4) is 0 Å². The Bertz CT molecular complexity index is 397. The summed E-state index contributed by atoms with van der Waals surface area (Å²) < 4.78 is 5.27. The van der Waals surface area contributed by atoms with Crippen molar-refractivity contribution in [1.82, 2.24) is 0 Å². The molecule has 0 radical (unpaired) electrons. The van der Waals surface area contributed by atoms with Crippen LogP contribution in [-0.2, 0) is 4.79 Å². The van der Waals surface area contributed by atoms with E-state index in [4.69, 9.17) is 4.42 Å². The number of carbonyl (C=O) groups excluding carboxylic acids is 2. The smallest absolute Gasteiger partial charge is 0.163 e. The Balaban J connectivity index is 2.97. The van der Waals surface area contributed by atoms with Crippen molar-refractivity contribution < 1.29 is 14.0 Å². The highest BCUT2D eigenvalue weighted by Crippen LogP contribution is 2.16. The van der Waals surface area contributed by atoms with Gasteiger partial charge in [-0.25, -0.2) is 0 Å². The maximum absolute atomic E-state index is 11.1. The Hall–Kier alpha value is -1.64. The molecule has 0 amide bonds. The third-order valence-electron chi connectivity index (χ3n) is 1.80. The van der Waals surface area contributed by atoms with Gasteiger partial charge in [0.25, 0.3) is 0 Å². The molecule has 0 atom stereocenters. The van der Waals surface area contributed by atoms with Gasteiger partial charge in [0.15, 0.2) is 11.6 Å². The molecule has 74 valence electrons. The molecule has 0 fully saturated rings. The number of Topliss-reactive ketones (excluding diaryl/α,β-unsaturated/α-hetero) is 1. The minimum absolute atomic E-state index is 0.0336. The first kappa shape index (κ1) is 10.4. The maximum Gasteiger partial charge on any atom is 0.163 e. The van der Waals surface area contributed by atoms with Gasteiger partial charge in [-0.2, -0.15) is 0 Å². The van der Waals surface area contributed by atoms with Crippen LogP contribution in [0.2, 0.25) is 0 Å². The molecule has 0 unspecified atom stereocenters. The highest BCUT2D eigenvalue weighted by molar-refractivity contribution is 5.96. The van der Waals surface area contributed by atoms with Gasteiger partial charge in [0.05, 0.1) is 5.56 Å². The van der Waals surface area contributed by atoms with E-state index in [9.17, 15) is 9.59 Å². The Morgan fingerprint density at radius 2 is 2.00 bits per heavy atom. The van der Waals surface area contributed by atoms with Crippen LogP contribution < -0.4 is 0 Å². The fourth-order valence-electron chi connectivity index (χ4n) is 1.14. The number of aryl methyl sites for hydroxylation is 1. The van der Waals surface area contributed by atoms with E-state index in [1.54, 1.807) is 19.1 Å². The zero-order valence-electron chi connectivity index (χ0n) is 8.46. The molecule has 0 aliphatic carbocycles. The van der Waals surface area contributed by atoms with Crippen LogP contribution in [0.4, 0.5) is 0 Å². The van der Waals surface area contributed by atoms with Gasteiger partial charge in [0, 0.05) is 0 Å². The van der Waals surface area contributed by atoms with Crippen LogP contribution in [-0.4, -0.2) is 11.6 Å². The molecule has 0 N–H and O–H groups in total. The second kappa shape index (κ2) is 4.05. The molecule has 1 aromatic rings. The molecule has 0 bridgehead atoms. The third-order valence-corrected chi connectivity index (χ3v) is 1.80. The number of hydrogen-bond donors (Lipinski definition) is 0. The third kappa shape index (κ3) is 2.42. The first-order chi connectivity index (χ1) is 6.50. The Morgan fingerprint density at radius 3 is 2.43 bits per heavy atom. The predicted octanol–water partition coefficient (Wildman–Crippen LogP) is 2.39. The first-order valence-corrected chi connectivity index (χ1v) is 4.30. The van der Waals surface area contributed by atoms with Gasteiger partial charge in [0.2, 0.25) is 0 Å². The highest BCUT2D eigenvalue weighted by atomic mass is 16.3. The molecule has 0 aliphatic rings. The van der Waals surface area contributed by atoms with Crippen molar-refractivity contribution in [2.45, 2.75) is 20.8 Å². The summed E-state index contributed by atoms with van der Waals surface area (Å²) in [6, 6.07) is 1.64. The lowest BCUT2D eigenvalue weighted by Crippen LogP contribution is -1.90. The van der Waals surface area contributed by atoms with Gasteiger partial charge in [-0.3, -0.25) is 9.59 Å². The molecule has 0 saturated heterocycles. The van der Waals surface area contributed by atoms with E-state index in [1.807, 2.05) is 0 Å². The average molecular weight is 192 g/mol. The molecule has 3 heteroatoms. The molecule has 3 nitrogen and oxygen atoms in total. The molecule has 14 heavy (non-hydrogen) atoms. The van der Waals surface area contributed by atoms with E-state index >= 15 is 0 Å². The largest absolute Gasteiger partial charge is 0.461 e. The number of furan rings is 1. The molecule has 1 aromatic heterocycles. The van der Waals surface area contributed by atoms with Crippen LogP contribution in [0.3, 0.4) is 0 Å². The molecular formula is C11H12O3. The van der Waals surface area contributed by atoms with Crippen molar-refractivity contribution in [3.05, 3.63) is 29.2 Å². The van der Waals surface area contributed by atoms with Crippen LogP contribution >= 0.6 is 0 Å². The van der Waals surface area contributed by atoms with Gasteiger partial charge in [-0.1, -0.05) is 0 Å². The van der Waals surface area contributed by atoms with Gasteiger partial charge in [0.1, 0.15) is 11.5 Å². The summed E-state index contributed by atoms with van der Waals surface area (Å²) in [5, 5.41) is 0. The Kier molecular flexibility index (Phi) is 3.02. The summed E-state index contributed by atoms with van der Waals surface area (Å²) in [4.78, 5) is 21.7. The standard InChI is InChI=1S/C11H12O3/c1-7(12)4-5-10-6-11(8(2)13)9(3)14-10/h4-6H,1-3H3. The van der Waals surface area contributed by atoms with E-state index in [2.05, 4.69) is 0 Å². The van der Waals surface area contributed by atoms with Gasteiger partial charge < -0.3 is 4.42 Å². The summed E-state index contributed by atoms with van der Waals surface area (Å²) in [6.45, 7) is 4.66. The number of allylic oxidation sites excluding steroid dienone is 1. The molecule has 0 saturated carbocycles. The van der Waals surface area contributed by atoms with Crippen LogP contribution in [0.1, 0.15) is 35.7 Å². The SMILES string of the molecule is CC(=O)C=Cc1cc(C(C)=O)c(C)o1. The second-order valence-corrected chi connectivity index (χ2v) is 3.12. The topological polar surface area (TPSA) is 47.3 Å². The van der Waals surface area contributed by atoms with E-state index in [-0.39, 0.29) is 11.6 Å². The fraction of sp³-hybridized carbons (Fsp3) is 0.273. The maximum atomic E-state index is 11.1. The minimum Gasteiger partial charge on any atom is -0.461 e. The summed E-state index contributed by atoms with van der Waals surface area (Å²) in [7, 11) is 0. The number of hydrogen-bond acceptors (Lipinski definition) is 3. The summed E-state index contributed by atoms with van der Waals surface area (Å²) in [5.74, 6) is 1.03. The number of ketones is 2. The first-order valence-electron chi connectivity index (χ1n) is 4.30. The number of rotatable bonds is 3. The van der Waals surface area contributed by atoms with Crippen molar-refractivity contribution >= 4 is 17.6 Å². The normalized spacial score (nSPS) is 10.8. The van der Waals surface area contributed by atoms with Crippen LogP contribution in [0.5, 0.6) is 0 Å². The zero-order valence-corrected chi connectivity index (χ0v) is 8.46. The Morgan fingerprint density at radius 1 is 1.36 bits per heavy atom. The van der Waals surface area contributed by atoms with E-state index in [0.717, 1.165) is 0 Å². The lowest BCUT2D eigenvalue weighted by atomic mass is 10.2. The second-order valence-electron chi connectivity index (χ2n) is 3.12. The van der Waals surface area contributed by atoms with Gasteiger partial charge in [-0.05, 0) is 39.0 Å². The van der Waals surface area contributed by atoms with Crippen LogP contribution in [0.25, 0.3) is 6.08 Å². The van der Waals surface area contributed by atoms with Gasteiger partial charge in [-0.15, -0.1) is 0 Å². The number of carbonyl (C=O) groups is 2. The molecule has 0 aliphatic heterocycles. The quantitative estimate of drug-likeness (QED) is 0.545. The summed E-state index contributed by atoms with van der Waals surface area (Å²) in [6.07, 6.45) is 2.96. The lowest BCUT2D eigenvalue weighted by molar-refractivity contribution is -0.112. The van der Waals surface area contributed by atoms with Crippen LogP contribution in [0, 0.1) is 6.92 Å². The van der Waals surface area contributed by atoms with Gasteiger partial charge >= 0.3 is 0 Å². The molecule has 0 spiro atoms. The van der Waals surface area contributed by atoms with Crippen molar-refractivity contribution in [2.24, 2.45) is 0 Å². The van der Waals surface area contributed by atoms with Crippen molar-refractivity contribution in [3.63, 3.8) is 0 Å². The molecule has 1 heterocycles. The van der Waals surface area contributed by atoms with Crippen LogP contribution in [0.15, 0.2) is 16.6 Å². The minimum atomic E-state index is -0.0524. The van der Waals surface area contributed by atoms with E-state index in [0.29, 0.717) is 17.1 Å². The lowest BCUT2D eigenvalue weighted by Gasteiger charge is -1.86. The van der Waals surface area contributed by atoms with Crippen molar-refractivity contribution in [2.75, 3.05) is 0 Å². The summed E-state index contributed by atoms with van der Waals surface area (Å²) >= 11 is 0. The molecular weight excluding hydrogens is 180 g/mol. The summed E-state index contributed by atoms with van der Waals surface area (Å²) in [5.41, 5.74) is 0.563. The molecule has 1 rings (SSSR count). The highest BCUT2D eigenvalue weighted by Gasteiger charge is 2.09.